The number of ether oxygens (including phenoxy) is 2. The maximum Gasteiger partial charge on any atom is 0.335 e. The number of benzene rings is 6. The van der Waals surface area contributed by atoms with Gasteiger partial charge in [-0.2, -0.15) is 0 Å². The summed E-state index contributed by atoms with van der Waals surface area (Å²) in [7, 11) is -5.39. The Morgan fingerprint density at radius 3 is 1.15 bits per heavy atom. The van der Waals surface area contributed by atoms with E-state index >= 15 is 0 Å². The summed E-state index contributed by atoms with van der Waals surface area (Å²) in [5, 5.41) is 23.6. The maximum absolute atomic E-state index is 12.8. The Morgan fingerprint density at radius 1 is 0.468 bits per heavy atom. The van der Waals surface area contributed by atoms with Gasteiger partial charge in [-0.15, -0.1) is 0 Å². The molecule has 0 atom stereocenters. The summed E-state index contributed by atoms with van der Waals surface area (Å²) in [6.45, 7) is 0. The number of rotatable bonds is 14. The molecule has 20 heteroatoms. The van der Waals surface area contributed by atoms with Crippen LogP contribution in [0.5, 0.6) is 11.5 Å². The third kappa shape index (κ3) is 12.0. The Hall–Kier alpha value is -7.12. The quantitative estimate of drug-likeness (QED) is 0.0606. The summed E-state index contributed by atoms with van der Waals surface area (Å²) in [5.41, 5.74) is 1.68. The van der Waals surface area contributed by atoms with Crippen molar-refractivity contribution < 1.29 is 55.7 Å². The summed E-state index contributed by atoms with van der Waals surface area (Å²) < 4.78 is 66.2. The van der Waals surface area contributed by atoms with Gasteiger partial charge in [0.15, 0.2) is 0 Å². The predicted molar refractivity (Wildman–Crippen MR) is 233 cm³/mol. The molecule has 0 radical (unpaired) electrons. The highest BCUT2D eigenvalue weighted by atomic mass is 35.5. The normalized spacial score (nSPS) is 10.9. The van der Waals surface area contributed by atoms with Crippen LogP contribution in [0.3, 0.4) is 0 Å². The molecule has 0 saturated heterocycles. The van der Waals surface area contributed by atoms with E-state index in [0.717, 1.165) is 0 Å². The highest BCUT2D eigenvalue weighted by Gasteiger charge is 2.22. The lowest BCUT2D eigenvalue weighted by Gasteiger charge is -2.13. The fourth-order valence-electron chi connectivity index (χ4n) is 5.39. The maximum atomic E-state index is 12.8. The van der Waals surface area contributed by atoms with Crippen LogP contribution in [0.25, 0.3) is 0 Å². The van der Waals surface area contributed by atoms with Crippen LogP contribution in [0.1, 0.15) is 41.4 Å². The number of halogens is 2. The second-order valence-corrected chi connectivity index (χ2v) is 16.8. The Kier molecular flexibility index (Phi) is 14.8. The molecule has 2 amide bonds. The van der Waals surface area contributed by atoms with E-state index in [0.29, 0.717) is 11.4 Å². The summed E-state index contributed by atoms with van der Waals surface area (Å²) >= 11 is 11.8. The molecule has 6 aromatic carbocycles. The zero-order valence-electron chi connectivity index (χ0n) is 32.3. The van der Waals surface area contributed by atoms with E-state index in [1.165, 1.54) is 148 Å². The number of carboxylic acids is 2. The number of carboxylic acid groups (broad SMARTS) is 2. The number of sulfonamides is 2. The lowest BCUT2D eigenvalue weighted by atomic mass is 10.1. The number of amides is 2. The summed E-state index contributed by atoms with van der Waals surface area (Å²) in [5.74, 6) is -2.90. The zero-order valence-corrected chi connectivity index (χ0v) is 35.4. The van der Waals surface area contributed by atoms with E-state index in [1.807, 2.05) is 0 Å². The minimum atomic E-state index is -4.04. The minimum absolute atomic E-state index is 0.0887. The van der Waals surface area contributed by atoms with Gasteiger partial charge in [0.05, 0.1) is 25.3 Å². The SMILES string of the molecule is COc1ccc(Cl)cc1S(=O)(=O)Nc1cccc(C(=O)Nc2ccc(C(=O)O)cc2)c1.COc1ccc(Cl)cc1S(=O)(=O)Nc1cccc(C(=O)Nc2ccc(C(=O)O)cc2)c1. The number of carbonyl (C=O) groups excluding carboxylic acids is 2. The van der Waals surface area contributed by atoms with Gasteiger partial charge in [0, 0.05) is 43.9 Å². The van der Waals surface area contributed by atoms with Crippen LogP contribution in [-0.2, 0) is 20.0 Å². The molecule has 0 heterocycles. The highest BCUT2D eigenvalue weighted by Crippen LogP contribution is 2.30. The van der Waals surface area contributed by atoms with E-state index in [2.05, 4.69) is 20.1 Å². The van der Waals surface area contributed by atoms with Gasteiger partial charge in [-0.1, -0.05) is 35.3 Å². The molecule has 16 nitrogen and oxygen atoms in total. The molecule has 0 aliphatic carbocycles. The van der Waals surface area contributed by atoms with Gasteiger partial charge in [-0.05, 0) is 121 Å². The number of carbonyl (C=O) groups is 4. The summed E-state index contributed by atoms with van der Waals surface area (Å²) in [6.07, 6.45) is 0. The van der Waals surface area contributed by atoms with Crippen molar-refractivity contribution in [2.24, 2.45) is 0 Å². The Morgan fingerprint density at radius 2 is 0.823 bits per heavy atom. The molecule has 0 saturated carbocycles. The molecular weight excluding hydrogens is 888 g/mol. The lowest BCUT2D eigenvalue weighted by molar-refractivity contribution is 0.0686. The van der Waals surface area contributed by atoms with Gasteiger partial charge < -0.3 is 30.3 Å². The van der Waals surface area contributed by atoms with Gasteiger partial charge in [0.2, 0.25) is 0 Å². The summed E-state index contributed by atoms with van der Waals surface area (Å²) in [6, 6.07) is 31.5. The second-order valence-electron chi connectivity index (χ2n) is 12.6. The molecule has 6 N–H and O–H groups in total. The molecule has 0 aliphatic rings. The van der Waals surface area contributed by atoms with Gasteiger partial charge in [-0.3, -0.25) is 19.0 Å². The monoisotopic (exact) mass is 920 g/mol. The van der Waals surface area contributed by atoms with Crippen LogP contribution in [-0.4, -0.2) is 65.0 Å². The van der Waals surface area contributed by atoms with Gasteiger partial charge in [0.1, 0.15) is 21.3 Å². The number of nitrogens with one attached hydrogen (secondary N) is 4. The van der Waals surface area contributed by atoms with Gasteiger partial charge in [-0.25, -0.2) is 26.4 Å². The Labute approximate surface area is 365 Å². The van der Waals surface area contributed by atoms with E-state index in [4.69, 9.17) is 42.9 Å². The van der Waals surface area contributed by atoms with E-state index < -0.39 is 43.8 Å². The van der Waals surface area contributed by atoms with E-state index in [9.17, 15) is 36.0 Å². The number of hydrogen-bond donors (Lipinski definition) is 6. The van der Waals surface area contributed by atoms with Crippen LogP contribution >= 0.6 is 23.2 Å². The smallest absolute Gasteiger partial charge is 0.335 e. The molecule has 0 unspecified atom stereocenters. The fourth-order valence-corrected chi connectivity index (χ4v) is 8.35. The molecule has 0 aromatic heterocycles. The average Bonchev–Trinajstić information content (AvgIpc) is 3.24. The predicted octanol–water partition coefficient (Wildman–Crippen LogP) is 8.20. The first-order chi connectivity index (χ1) is 29.4. The first-order valence-electron chi connectivity index (χ1n) is 17.6. The van der Waals surface area contributed by atoms with Crippen molar-refractivity contribution in [2.75, 3.05) is 34.3 Å². The molecule has 6 rings (SSSR count). The first kappa shape index (κ1) is 46.0. The van der Waals surface area contributed by atoms with E-state index in [-0.39, 0.29) is 65.0 Å². The second kappa shape index (κ2) is 20.0. The van der Waals surface area contributed by atoms with Crippen LogP contribution in [0.2, 0.25) is 10.0 Å². The van der Waals surface area contributed by atoms with Gasteiger partial charge >= 0.3 is 11.9 Å². The first-order valence-corrected chi connectivity index (χ1v) is 21.3. The van der Waals surface area contributed by atoms with Crippen molar-refractivity contribution in [3.8, 4) is 11.5 Å². The third-order valence-electron chi connectivity index (χ3n) is 8.36. The van der Waals surface area contributed by atoms with Crippen molar-refractivity contribution in [1.82, 2.24) is 0 Å². The zero-order chi connectivity index (χ0) is 45.2. The number of hydrogen-bond acceptors (Lipinski definition) is 10. The minimum Gasteiger partial charge on any atom is -0.495 e. The third-order valence-corrected chi connectivity index (χ3v) is 11.6. The molecule has 0 spiro atoms. The van der Waals surface area contributed by atoms with Gasteiger partial charge in [0.25, 0.3) is 31.9 Å². The number of anilines is 4. The standard InChI is InChI=1S/2C21H17ClN2O6S/c2*1-30-18-10-7-15(22)12-19(18)31(28,29)24-17-4-2-3-14(11-17)20(25)23-16-8-5-13(6-9-16)21(26)27/h2*2-12,24H,1H3,(H,23,25)(H,26,27). The van der Waals surface area contributed by atoms with Crippen LogP contribution in [0.4, 0.5) is 22.7 Å². The molecule has 6 aromatic rings. The van der Waals surface area contributed by atoms with E-state index in [1.54, 1.807) is 0 Å². The Balaban J connectivity index is 0.000000234. The molecule has 320 valence electrons. The summed E-state index contributed by atoms with van der Waals surface area (Å²) in [4.78, 5) is 46.6. The highest BCUT2D eigenvalue weighted by molar-refractivity contribution is 7.93. The average molecular weight is 922 g/mol. The van der Waals surface area contributed by atoms with Crippen molar-refractivity contribution >= 4 is 89.8 Å². The number of methoxy groups -OCH3 is 2. The van der Waals surface area contributed by atoms with Crippen LogP contribution in [0.15, 0.2) is 143 Å². The molecule has 0 fully saturated rings. The number of aromatic carboxylic acids is 2. The molecule has 0 bridgehead atoms. The topological polar surface area (TPSA) is 244 Å². The molecule has 0 aliphatic heterocycles. The lowest BCUT2D eigenvalue weighted by Crippen LogP contribution is -2.16. The van der Waals surface area contributed by atoms with Crippen molar-refractivity contribution in [1.29, 1.82) is 0 Å². The fraction of sp³-hybridized carbons (Fsp3) is 0.0476. The van der Waals surface area contributed by atoms with Crippen molar-refractivity contribution in [3.05, 3.63) is 166 Å². The van der Waals surface area contributed by atoms with Crippen molar-refractivity contribution in [2.45, 2.75) is 9.79 Å². The Bertz CT molecular complexity index is 2680. The largest absolute Gasteiger partial charge is 0.495 e. The van der Waals surface area contributed by atoms with Crippen LogP contribution in [0, 0.1) is 0 Å². The van der Waals surface area contributed by atoms with Crippen LogP contribution < -0.4 is 29.6 Å². The molecule has 62 heavy (non-hydrogen) atoms. The van der Waals surface area contributed by atoms with Crippen molar-refractivity contribution in [3.63, 3.8) is 0 Å². The molecular formula is C42H34Cl2N4O12S2.